The van der Waals surface area contributed by atoms with Gasteiger partial charge >= 0.3 is 0 Å². The first-order valence-electron chi connectivity index (χ1n) is 6.98. The lowest BCUT2D eigenvalue weighted by molar-refractivity contribution is 0.270. The van der Waals surface area contributed by atoms with E-state index in [1.807, 2.05) is 0 Å². The third-order valence-corrected chi connectivity index (χ3v) is 5.98. The SMILES string of the molecule is CN(C)S(=O)(=O)CCN1CCN(c2ncc(Cl)cc2Cl)CC1. The second kappa shape index (κ2) is 7.31. The molecule has 0 aliphatic carbocycles. The van der Waals surface area contributed by atoms with E-state index in [1.54, 1.807) is 26.4 Å². The Kier molecular flexibility index (Phi) is 5.90. The Morgan fingerprint density at radius 2 is 1.86 bits per heavy atom. The molecule has 1 aromatic rings. The van der Waals surface area contributed by atoms with E-state index >= 15 is 0 Å². The number of aromatic nitrogens is 1. The van der Waals surface area contributed by atoms with Crippen molar-refractivity contribution in [1.29, 1.82) is 0 Å². The van der Waals surface area contributed by atoms with Gasteiger partial charge in [-0.2, -0.15) is 0 Å². The molecule has 2 rings (SSSR count). The molecule has 2 heterocycles. The minimum atomic E-state index is -3.14. The highest BCUT2D eigenvalue weighted by molar-refractivity contribution is 7.89. The zero-order valence-corrected chi connectivity index (χ0v) is 15.0. The summed E-state index contributed by atoms with van der Waals surface area (Å²) in [5, 5.41) is 1.05. The highest BCUT2D eigenvalue weighted by Crippen LogP contribution is 2.26. The molecule has 0 aromatic carbocycles. The van der Waals surface area contributed by atoms with Crippen LogP contribution in [0, 0.1) is 0 Å². The first-order chi connectivity index (χ1) is 10.3. The predicted molar refractivity (Wildman–Crippen MR) is 90.4 cm³/mol. The molecule has 0 unspecified atom stereocenters. The molecule has 0 bridgehead atoms. The smallest absolute Gasteiger partial charge is 0.214 e. The quantitative estimate of drug-likeness (QED) is 0.788. The van der Waals surface area contributed by atoms with Crippen molar-refractivity contribution in [3.05, 3.63) is 22.3 Å². The van der Waals surface area contributed by atoms with Crippen molar-refractivity contribution in [3.63, 3.8) is 0 Å². The Morgan fingerprint density at radius 3 is 2.41 bits per heavy atom. The second-order valence-electron chi connectivity index (χ2n) is 5.39. The van der Waals surface area contributed by atoms with Crippen LogP contribution in [-0.2, 0) is 10.0 Å². The standard InChI is InChI=1S/C13H20Cl2N4O2S/c1-17(2)22(20,21)8-7-18-3-5-19(6-4-18)13-12(15)9-11(14)10-16-13/h9-10H,3-8H2,1-2H3. The van der Waals surface area contributed by atoms with Gasteiger partial charge in [-0.3, -0.25) is 4.90 Å². The number of hydrogen-bond donors (Lipinski definition) is 0. The molecule has 0 radical (unpaired) electrons. The monoisotopic (exact) mass is 366 g/mol. The van der Waals surface area contributed by atoms with Crippen LogP contribution in [0.25, 0.3) is 0 Å². The third-order valence-electron chi connectivity index (χ3n) is 3.68. The van der Waals surface area contributed by atoms with Gasteiger partial charge in [-0.05, 0) is 6.07 Å². The van der Waals surface area contributed by atoms with Crippen LogP contribution >= 0.6 is 23.2 Å². The molecule has 1 aromatic heterocycles. The van der Waals surface area contributed by atoms with Crippen molar-refractivity contribution in [2.75, 3.05) is 57.5 Å². The number of rotatable bonds is 5. The van der Waals surface area contributed by atoms with Gasteiger partial charge < -0.3 is 4.90 Å². The summed E-state index contributed by atoms with van der Waals surface area (Å²) >= 11 is 12.0. The molecule has 6 nitrogen and oxygen atoms in total. The number of hydrogen-bond acceptors (Lipinski definition) is 5. The molecule has 0 amide bonds. The van der Waals surface area contributed by atoms with Crippen LogP contribution in [0.4, 0.5) is 5.82 Å². The van der Waals surface area contributed by atoms with Crippen LogP contribution in [0.5, 0.6) is 0 Å². The molecule has 0 saturated carbocycles. The van der Waals surface area contributed by atoms with E-state index in [2.05, 4.69) is 14.8 Å². The average Bonchev–Trinajstić information content (AvgIpc) is 2.46. The molecule has 1 saturated heterocycles. The van der Waals surface area contributed by atoms with Crippen LogP contribution in [0.1, 0.15) is 0 Å². The molecular weight excluding hydrogens is 347 g/mol. The molecule has 22 heavy (non-hydrogen) atoms. The topological polar surface area (TPSA) is 56.8 Å². The molecular formula is C13H20Cl2N4O2S. The Labute approximate surface area is 141 Å². The summed E-state index contributed by atoms with van der Waals surface area (Å²) in [4.78, 5) is 8.51. The van der Waals surface area contributed by atoms with Gasteiger partial charge in [-0.15, -0.1) is 0 Å². The summed E-state index contributed by atoms with van der Waals surface area (Å²) in [7, 11) is -0.0308. The Bertz CT molecular complexity index is 616. The molecule has 0 spiro atoms. The van der Waals surface area contributed by atoms with Crippen molar-refractivity contribution in [2.45, 2.75) is 0 Å². The number of halogens is 2. The van der Waals surface area contributed by atoms with E-state index in [9.17, 15) is 8.42 Å². The van der Waals surface area contributed by atoms with Gasteiger partial charge in [0, 0.05) is 53.0 Å². The van der Waals surface area contributed by atoms with E-state index in [4.69, 9.17) is 23.2 Å². The first kappa shape index (κ1) is 17.7. The fourth-order valence-electron chi connectivity index (χ4n) is 2.25. The van der Waals surface area contributed by atoms with Crippen LogP contribution in [0.15, 0.2) is 12.3 Å². The zero-order valence-electron chi connectivity index (χ0n) is 12.7. The van der Waals surface area contributed by atoms with Gasteiger partial charge in [-0.25, -0.2) is 17.7 Å². The van der Waals surface area contributed by atoms with Crippen molar-refractivity contribution in [3.8, 4) is 0 Å². The van der Waals surface area contributed by atoms with Gasteiger partial charge in [0.25, 0.3) is 0 Å². The van der Waals surface area contributed by atoms with Gasteiger partial charge in [0.15, 0.2) is 0 Å². The van der Waals surface area contributed by atoms with Crippen molar-refractivity contribution in [1.82, 2.24) is 14.2 Å². The summed E-state index contributed by atoms with van der Waals surface area (Å²) in [6.07, 6.45) is 1.58. The summed E-state index contributed by atoms with van der Waals surface area (Å²) in [6.45, 7) is 3.62. The predicted octanol–water partition coefficient (Wildman–Crippen LogP) is 1.40. The maximum absolute atomic E-state index is 11.8. The Morgan fingerprint density at radius 1 is 1.23 bits per heavy atom. The Balaban J connectivity index is 1.88. The minimum absolute atomic E-state index is 0.139. The molecule has 1 fully saturated rings. The average molecular weight is 367 g/mol. The number of anilines is 1. The molecule has 9 heteroatoms. The highest BCUT2D eigenvalue weighted by Gasteiger charge is 2.22. The van der Waals surface area contributed by atoms with Crippen LogP contribution in [0.3, 0.4) is 0 Å². The first-order valence-corrected chi connectivity index (χ1v) is 9.34. The molecule has 0 N–H and O–H groups in total. The molecule has 1 aliphatic heterocycles. The maximum atomic E-state index is 11.8. The van der Waals surface area contributed by atoms with Crippen LogP contribution < -0.4 is 4.90 Å². The van der Waals surface area contributed by atoms with Crippen molar-refractivity contribution < 1.29 is 8.42 Å². The minimum Gasteiger partial charge on any atom is -0.353 e. The largest absolute Gasteiger partial charge is 0.353 e. The fourth-order valence-corrected chi connectivity index (χ4v) is 3.60. The number of nitrogens with zero attached hydrogens (tertiary/aromatic N) is 4. The fraction of sp³-hybridized carbons (Fsp3) is 0.615. The van der Waals surface area contributed by atoms with Gasteiger partial charge in [0.1, 0.15) is 5.82 Å². The van der Waals surface area contributed by atoms with E-state index in [0.29, 0.717) is 16.6 Å². The van der Waals surface area contributed by atoms with Gasteiger partial charge in [0.2, 0.25) is 10.0 Å². The van der Waals surface area contributed by atoms with Crippen molar-refractivity contribution >= 4 is 39.0 Å². The maximum Gasteiger partial charge on any atom is 0.214 e. The molecule has 124 valence electrons. The van der Waals surface area contributed by atoms with Crippen LogP contribution in [-0.4, -0.2) is 75.2 Å². The van der Waals surface area contributed by atoms with E-state index in [-0.39, 0.29) is 5.75 Å². The highest BCUT2D eigenvalue weighted by atomic mass is 35.5. The second-order valence-corrected chi connectivity index (χ2v) is 8.53. The van der Waals surface area contributed by atoms with Crippen molar-refractivity contribution in [2.24, 2.45) is 0 Å². The summed E-state index contributed by atoms with van der Waals surface area (Å²) < 4.78 is 24.8. The Hall–Kier alpha value is -0.600. The van der Waals surface area contributed by atoms with E-state index < -0.39 is 10.0 Å². The lowest BCUT2D eigenvalue weighted by Crippen LogP contribution is -2.48. The number of piperazine rings is 1. The van der Waals surface area contributed by atoms with Gasteiger partial charge in [0.05, 0.1) is 15.8 Å². The molecule has 0 atom stereocenters. The zero-order chi connectivity index (χ0) is 16.3. The summed E-state index contributed by atoms with van der Waals surface area (Å²) in [6, 6.07) is 1.68. The van der Waals surface area contributed by atoms with Crippen LogP contribution in [0.2, 0.25) is 10.0 Å². The van der Waals surface area contributed by atoms with Gasteiger partial charge in [-0.1, -0.05) is 23.2 Å². The number of sulfonamides is 1. The summed E-state index contributed by atoms with van der Waals surface area (Å²) in [5.41, 5.74) is 0. The lowest BCUT2D eigenvalue weighted by atomic mass is 10.3. The third kappa shape index (κ3) is 4.45. The summed E-state index contributed by atoms with van der Waals surface area (Å²) in [5.74, 6) is 0.867. The van der Waals surface area contributed by atoms with E-state index in [0.717, 1.165) is 32.0 Å². The lowest BCUT2D eigenvalue weighted by Gasteiger charge is -2.35. The number of pyridine rings is 1. The normalized spacial score (nSPS) is 17.2. The molecule has 1 aliphatic rings. The van der Waals surface area contributed by atoms with E-state index in [1.165, 1.54) is 4.31 Å².